The van der Waals surface area contributed by atoms with Crippen molar-refractivity contribution in [1.82, 2.24) is 9.97 Å². The van der Waals surface area contributed by atoms with Gasteiger partial charge >= 0.3 is 5.76 Å². The zero-order chi connectivity index (χ0) is 15.2. The average molecular weight is 325 g/mol. The number of aryl methyl sites for hydroxylation is 2. The molecular formula is C12H11N3O4S2. The molecule has 2 heterocycles. The minimum atomic E-state index is -3.76. The van der Waals surface area contributed by atoms with Crippen molar-refractivity contribution in [1.29, 1.82) is 0 Å². The lowest BCUT2D eigenvalue weighted by atomic mass is 10.3. The van der Waals surface area contributed by atoms with Crippen molar-refractivity contribution in [3.05, 3.63) is 39.3 Å². The number of aromatic amines is 1. The van der Waals surface area contributed by atoms with Crippen LogP contribution >= 0.6 is 11.3 Å². The molecule has 110 valence electrons. The lowest BCUT2D eigenvalue weighted by molar-refractivity contribution is 0.555. The van der Waals surface area contributed by atoms with Crippen LogP contribution < -0.4 is 10.5 Å². The van der Waals surface area contributed by atoms with Crippen LogP contribution in [0.1, 0.15) is 10.6 Å². The lowest BCUT2D eigenvalue weighted by Crippen LogP contribution is -2.12. The van der Waals surface area contributed by atoms with Crippen LogP contribution in [-0.2, 0) is 10.0 Å². The van der Waals surface area contributed by atoms with Gasteiger partial charge in [0.25, 0.3) is 10.0 Å². The zero-order valence-corrected chi connectivity index (χ0v) is 12.8. The third-order valence-electron chi connectivity index (χ3n) is 2.95. The molecule has 0 saturated heterocycles. The number of hydrogen-bond acceptors (Lipinski definition) is 6. The normalized spacial score (nSPS) is 11.9. The highest BCUT2D eigenvalue weighted by Gasteiger charge is 2.18. The number of benzene rings is 1. The van der Waals surface area contributed by atoms with Gasteiger partial charge < -0.3 is 4.42 Å². The van der Waals surface area contributed by atoms with Crippen molar-refractivity contribution in [2.45, 2.75) is 18.7 Å². The number of anilines is 1. The maximum Gasteiger partial charge on any atom is 0.417 e. The van der Waals surface area contributed by atoms with Gasteiger partial charge in [0.05, 0.1) is 16.1 Å². The number of hydrogen-bond donors (Lipinski definition) is 2. The van der Waals surface area contributed by atoms with E-state index in [0.717, 1.165) is 10.6 Å². The number of rotatable bonds is 3. The molecule has 0 atom stereocenters. The highest BCUT2D eigenvalue weighted by atomic mass is 32.2. The third-order valence-corrected chi connectivity index (χ3v) is 5.41. The Bertz CT molecular complexity index is 962. The van der Waals surface area contributed by atoms with Gasteiger partial charge in [-0.05, 0) is 32.0 Å². The maximum atomic E-state index is 12.3. The second kappa shape index (κ2) is 4.71. The van der Waals surface area contributed by atoms with Crippen LogP contribution in [0.3, 0.4) is 0 Å². The van der Waals surface area contributed by atoms with Crippen LogP contribution in [0.25, 0.3) is 11.1 Å². The molecule has 3 rings (SSSR count). The topological polar surface area (TPSA) is 105 Å². The Morgan fingerprint density at radius 1 is 1.33 bits per heavy atom. The minimum Gasteiger partial charge on any atom is -0.408 e. The zero-order valence-electron chi connectivity index (χ0n) is 11.1. The van der Waals surface area contributed by atoms with Crippen LogP contribution in [0, 0.1) is 13.8 Å². The summed E-state index contributed by atoms with van der Waals surface area (Å²) in [5.41, 5.74) is 1.42. The van der Waals surface area contributed by atoms with Gasteiger partial charge in [-0.25, -0.2) is 18.2 Å². The van der Waals surface area contributed by atoms with Crippen LogP contribution in [0.5, 0.6) is 0 Å². The van der Waals surface area contributed by atoms with E-state index in [2.05, 4.69) is 14.7 Å². The summed E-state index contributed by atoms with van der Waals surface area (Å²) in [6.45, 7) is 3.68. The Hall–Kier alpha value is -2.13. The molecule has 3 aromatic rings. The average Bonchev–Trinajstić information content (AvgIpc) is 2.90. The molecule has 0 aliphatic rings. The first-order valence-electron chi connectivity index (χ1n) is 5.95. The molecular weight excluding hydrogens is 314 g/mol. The summed E-state index contributed by atoms with van der Waals surface area (Å²) in [4.78, 5) is 18.6. The van der Waals surface area contributed by atoms with E-state index >= 15 is 0 Å². The summed E-state index contributed by atoms with van der Waals surface area (Å²) >= 11 is 1.27. The molecule has 0 fully saturated rings. The lowest BCUT2D eigenvalue weighted by Gasteiger charge is -2.04. The number of oxazole rings is 1. The number of fused-ring (bicyclic) bond motifs is 1. The van der Waals surface area contributed by atoms with E-state index < -0.39 is 15.8 Å². The van der Waals surface area contributed by atoms with Gasteiger partial charge in [0, 0.05) is 4.88 Å². The van der Waals surface area contributed by atoms with Gasteiger partial charge in [-0.15, -0.1) is 11.3 Å². The van der Waals surface area contributed by atoms with Gasteiger partial charge in [-0.2, -0.15) is 0 Å². The van der Waals surface area contributed by atoms with Crippen molar-refractivity contribution in [3.8, 4) is 0 Å². The first-order valence-corrected chi connectivity index (χ1v) is 8.25. The molecule has 0 aliphatic heterocycles. The maximum absolute atomic E-state index is 12.3. The number of nitrogens with zero attached hydrogens (tertiary/aromatic N) is 1. The fourth-order valence-electron chi connectivity index (χ4n) is 1.79. The molecule has 21 heavy (non-hydrogen) atoms. The van der Waals surface area contributed by atoms with E-state index in [1.165, 1.54) is 29.5 Å². The highest BCUT2D eigenvalue weighted by molar-refractivity contribution is 7.93. The van der Waals surface area contributed by atoms with E-state index in [1.54, 1.807) is 0 Å². The Morgan fingerprint density at radius 2 is 2.10 bits per heavy atom. The Kier molecular flexibility index (Phi) is 3.10. The molecule has 0 unspecified atom stereocenters. The van der Waals surface area contributed by atoms with Gasteiger partial charge in [0.15, 0.2) is 10.7 Å². The van der Waals surface area contributed by atoms with Gasteiger partial charge in [0.1, 0.15) is 0 Å². The quantitative estimate of drug-likeness (QED) is 0.766. The third kappa shape index (κ3) is 2.57. The van der Waals surface area contributed by atoms with Crippen LogP contribution in [0.2, 0.25) is 0 Å². The molecule has 7 nitrogen and oxygen atoms in total. The van der Waals surface area contributed by atoms with Crippen LogP contribution in [0.15, 0.2) is 32.3 Å². The molecule has 0 radical (unpaired) electrons. The molecule has 9 heteroatoms. The number of sulfonamides is 1. The van der Waals surface area contributed by atoms with E-state index in [0.29, 0.717) is 16.2 Å². The number of aromatic nitrogens is 2. The predicted octanol–water partition coefficient (Wildman–Crippen LogP) is 2.00. The summed E-state index contributed by atoms with van der Waals surface area (Å²) in [5.74, 6) is -0.626. The van der Waals surface area contributed by atoms with Crippen molar-refractivity contribution in [2.75, 3.05) is 4.72 Å². The molecule has 1 aromatic carbocycles. The number of thiazole rings is 1. The Labute approximate surface area is 123 Å². The minimum absolute atomic E-state index is 0.0255. The Morgan fingerprint density at radius 3 is 2.76 bits per heavy atom. The summed E-state index contributed by atoms with van der Waals surface area (Å²) in [6, 6.07) is 4.14. The van der Waals surface area contributed by atoms with E-state index in [-0.39, 0.29) is 4.90 Å². The first kappa shape index (κ1) is 13.8. The van der Waals surface area contributed by atoms with Crippen molar-refractivity contribution in [2.24, 2.45) is 0 Å². The van der Waals surface area contributed by atoms with Crippen LogP contribution in [0.4, 0.5) is 5.13 Å². The predicted molar refractivity (Wildman–Crippen MR) is 79.2 cm³/mol. The fraction of sp³-hybridized carbons (Fsp3) is 0.167. The summed E-state index contributed by atoms with van der Waals surface area (Å²) in [6.07, 6.45) is 0. The van der Waals surface area contributed by atoms with Crippen LogP contribution in [-0.4, -0.2) is 18.4 Å². The monoisotopic (exact) mass is 325 g/mol. The molecule has 2 aromatic heterocycles. The van der Waals surface area contributed by atoms with E-state index in [9.17, 15) is 13.2 Å². The first-order chi connectivity index (χ1) is 9.85. The molecule has 0 bridgehead atoms. The smallest absolute Gasteiger partial charge is 0.408 e. The van der Waals surface area contributed by atoms with Gasteiger partial charge in [-0.1, -0.05) is 0 Å². The number of nitrogens with one attached hydrogen (secondary N) is 2. The van der Waals surface area contributed by atoms with Crippen molar-refractivity contribution >= 4 is 37.6 Å². The molecule has 0 amide bonds. The second-order valence-electron chi connectivity index (χ2n) is 4.44. The van der Waals surface area contributed by atoms with Crippen molar-refractivity contribution in [3.63, 3.8) is 0 Å². The number of H-pyrrole nitrogens is 1. The largest absolute Gasteiger partial charge is 0.417 e. The van der Waals surface area contributed by atoms with E-state index in [4.69, 9.17) is 4.42 Å². The fourth-order valence-corrected chi connectivity index (χ4v) is 3.86. The van der Waals surface area contributed by atoms with Crippen molar-refractivity contribution < 1.29 is 12.8 Å². The summed E-state index contributed by atoms with van der Waals surface area (Å²) in [5, 5.41) is 0.311. The SMILES string of the molecule is Cc1nc(NS(=O)(=O)c2ccc3oc(=O)[nH]c3c2)sc1C. The Balaban J connectivity index is 2.00. The summed E-state index contributed by atoms with van der Waals surface area (Å²) in [7, 11) is -3.76. The standard InChI is InChI=1S/C12H11N3O4S2/c1-6-7(2)20-11(13-6)15-21(17,18)8-3-4-10-9(5-8)14-12(16)19-10/h3-5H,1-2H3,(H,13,15)(H,14,16). The second-order valence-corrected chi connectivity index (χ2v) is 7.32. The molecule has 0 aliphatic carbocycles. The van der Waals surface area contributed by atoms with E-state index in [1.807, 2.05) is 13.8 Å². The molecule has 0 spiro atoms. The molecule has 0 saturated carbocycles. The summed E-state index contributed by atoms with van der Waals surface area (Å²) < 4.78 is 31.9. The van der Waals surface area contributed by atoms with Gasteiger partial charge in [0.2, 0.25) is 0 Å². The van der Waals surface area contributed by atoms with Gasteiger partial charge in [-0.3, -0.25) is 9.71 Å². The highest BCUT2D eigenvalue weighted by Crippen LogP contribution is 2.25. The molecule has 2 N–H and O–H groups in total.